The Hall–Kier alpha value is -4.22. The summed E-state index contributed by atoms with van der Waals surface area (Å²) >= 11 is 0. The van der Waals surface area contributed by atoms with Gasteiger partial charge in [-0.05, 0) is 73.1 Å². The fourth-order valence-corrected chi connectivity index (χ4v) is 7.39. The third kappa shape index (κ3) is 9.97. The summed E-state index contributed by atoms with van der Waals surface area (Å²) in [5.74, 6) is 1.07. The first-order chi connectivity index (χ1) is 25.7. The maximum Gasteiger partial charge on any atom is 0.410 e. The average molecular weight is 778 g/mol. The summed E-state index contributed by atoms with van der Waals surface area (Å²) in [6, 6.07) is -0.775. The van der Waals surface area contributed by atoms with Crippen LogP contribution in [0.25, 0.3) is 5.65 Å². The normalized spacial score (nSPS) is 22.9. The molecule has 4 aliphatic heterocycles. The van der Waals surface area contributed by atoms with E-state index in [1.54, 1.807) is 52.3 Å². The number of ether oxygens (including phenoxy) is 4. The largest absolute Gasteiger partial charge is 0.446 e. The lowest BCUT2D eigenvalue weighted by molar-refractivity contribution is -0.0839. The molecule has 0 aliphatic carbocycles. The molecule has 2 N–H and O–H groups in total. The van der Waals surface area contributed by atoms with E-state index < -0.39 is 53.5 Å². The van der Waals surface area contributed by atoms with Crippen molar-refractivity contribution in [2.24, 2.45) is 0 Å². The van der Waals surface area contributed by atoms with Crippen molar-refractivity contribution in [3.63, 3.8) is 0 Å². The van der Waals surface area contributed by atoms with Crippen LogP contribution in [-0.2, 0) is 18.9 Å². The maximum atomic E-state index is 16.4. The predicted octanol–water partition coefficient (Wildman–Crippen LogP) is 5.53. The topological polar surface area (TPSA) is 165 Å². The minimum Gasteiger partial charge on any atom is -0.446 e. The molecular formula is C37H57F2N9O7. The minimum atomic E-state index is -1.93. The number of alkyl halides is 2. The summed E-state index contributed by atoms with van der Waals surface area (Å²) in [5.41, 5.74) is -3.56. The number of carbonyl (C=O) groups is 3. The fourth-order valence-electron chi connectivity index (χ4n) is 7.39. The van der Waals surface area contributed by atoms with E-state index in [1.165, 1.54) is 14.7 Å². The van der Waals surface area contributed by atoms with Crippen molar-refractivity contribution in [1.82, 2.24) is 34.3 Å². The summed E-state index contributed by atoms with van der Waals surface area (Å²) in [4.78, 5) is 52.2. The second-order valence-electron chi connectivity index (χ2n) is 17.8. The van der Waals surface area contributed by atoms with E-state index in [0.29, 0.717) is 43.6 Å². The highest BCUT2D eigenvalue weighted by Crippen LogP contribution is 2.37. The Bertz CT molecular complexity index is 1710. The Labute approximate surface area is 320 Å². The molecule has 4 fully saturated rings. The van der Waals surface area contributed by atoms with Crippen LogP contribution in [0.1, 0.15) is 99.0 Å². The fraction of sp³-hybridized carbons (Fsp3) is 0.784. The van der Waals surface area contributed by atoms with Gasteiger partial charge in [-0.25, -0.2) is 23.2 Å². The van der Waals surface area contributed by atoms with E-state index in [9.17, 15) is 14.4 Å². The van der Waals surface area contributed by atoms with Crippen LogP contribution in [-0.4, -0.2) is 146 Å². The van der Waals surface area contributed by atoms with E-state index in [2.05, 4.69) is 29.6 Å². The van der Waals surface area contributed by atoms with Crippen molar-refractivity contribution < 1.29 is 42.1 Å². The number of hydrogen-bond donors (Lipinski definition) is 2. The summed E-state index contributed by atoms with van der Waals surface area (Å²) < 4.78 is 55.3. The van der Waals surface area contributed by atoms with Crippen molar-refractivity contribution in [2.45, 2.75) is 134 Å². The van der Waals surface area contributed by atoms with Crippen LogP contribution in [0.5, 0.6) is 0 Å². The van der Waals surface area contributed by atoms with Gasteiger partial charge in [0.25, 0.3) is 0 Å². The molecule has 2 unspecified atom stereocenters. The quantitative estimate of drug-likeness (QED) is 0.307. The van der Waals surface area contributed by atoms with Gasteiger partial charge in [-0.1, -0.05) is 13.8 Å². The SMILES string of the molecule is CC(C)c1cnn2c(NC3CCN(C(=O)OCC4(F)CN(C(=O)OC(C)(C)C)C4)C(CC4(F)CN(C(=O)OC(C)(C)C)C4)C3)nc(NC3CCOCC3)nc12. The number of carbonyl (C=O) groups excluding carboxylic acids is 3. The number of piperidine rings is 1. The molecule has 2 atom stereocenters. The van der Waals surface area contributed by atoms with Gasteiger partial charge in [0, 0.05) is 49.9 Å². The first kappa shape index (κ1) is 40.4. The zero-order chi connectivity index (χ0) is 39.9. The number of hydrogen-bond acceptors (Lipinski definition) is 12. The van der Waals surface area contributed by atoms with E-state index >= 15 is 8.78 Å². The number of aromatic nitrogens is 4. The van der Waals surface area contributed by atoms with Crippen molar-refractivity contribution in [1.29, 1.82) is 0 Å². The molecule has 4 saturated heterocycles. The minimum absolute atomic E-state index is 0.0816. The zero-order valence-electron chi connectivity index (χ0n) is 33.3. The molecule has 6 heterocycles. The second-order valence-corrected chi connectivity index (χ2v) is 17.8. The lowest BCUT2D eigenvalue weighted by Crippen LogP contribution is -2.65. The van der Waals surface area contributed by atoms with Crippen LogP contribution in [0.3, 0.4) is 0 Å². The van der Waals surface area contributed by atoms with Crippen LogP contribution < -0.4 is 10.6 Å². The molecular weight excluding hydrogens is 720 g/mol. The molecule has 18 heteroatoms. The zero-order valence-corrected chi connectivity index (χ0v) is 33.3. The molecule has 3 amide bonds. The Balaban J connectivity index is 1.16. The Morgan fingerprint density at radius 1 is 0.873 bits per heavy atom. The number of nitrogens with one attached hydrogen (secondary N) is 2. The van der Waals surface area contributed by atoms with Crippen LogP contribution in [0, 0.1) is 0 Å². The van der Waals surface area contributed by atoms with E-state index in [-0.39, 0.29) is 57.1 Å². The highest BCUT2D eigenvalue weighted by molar-refractivity contribution is 5.71. The van der Waals surface area contributed by atoms with Gasteiger partial charge in [0.05, 0.1) is 32.4 Å². The van der Waals surface area contributed by atoms with Crippen molar-refractivity contribution >= 4 is 35.8 Å². The molecule has 306 valence electrons. The van der Waals surface area contributed by atoms with E-state index in [1.807, 2.05) is 0 Å². The van der Waals surface area contributed by atoms with Crippen LogP contribution in [0.15, 0.2) is 6.20 Å². The number of anilines is 2. The van der Waals surface area contributed by atoms with Gasteiger partial charge >= 0.3 is 18.3 Å². The highest BCUT2D eigenvalue weighted by Gasteiger charge is 2.52. The van der Waals surface area contributed by atoms with Gasteiger partial charge < -0.3 is 44.3 Å². The van der Waals surface area contributed by atoms with Gasteiger partial charge in [0.15, 0.2) is 11.3 Å². The van der Waals surface area contributed by atoms with Crippen molar-refractivity contribution in [3.8, 4) is 0 Å². The summed E-state index contributed by atoms with van der Waals surface area (Å²) in [7, 11) is 0. The summed E-state index contributed by atoms with van der Waals surface area (Å²) in [6.45, 7) is 14.5. The van der Waals surface area contributed by atoms with E-state index in [0.717, 1.165) is 18.4 Å². The van der Waals surface area contributed by atoms with Crippen LogP contribution >= 0.6 is 0 Å². The maximum absolute atomic E-state index is 16.4. The first-order valence-electron chi connectivity index (χ1n) is 19.3. The predicted molar refractivity (Wildman–Crippen MR) is 199 cm³/mol. The molecule has 6 rings (SSSR count). The Morgan fingerprint density at radius 3 is 2.05 bits per heavy atom. The van der Waals surface area contributed by atoms with Gasteiger partial charge in [-0.3, -0.25) is 0 Å². The molecule has 0 spiro atoms. The molecule has 0 saturated carbocycles. The molecule has 4 aliphatic rings. The Kier molecular flexibility index (Phi) is 11.3. The number of likely N-dealkylation sites (tertiary alicyclic amines) is 3. The van der Waals surface area contributed by atoms with Gasteiger partial charge in [-0.15, -0.1) is 0 Å². The van der Waals surface area contributed by atoms with Gasteiger partial charge in [-0.2, -0.15) is 19.6 Å². The lowest BCUT2D eigenvalue weighted by atomic mass is 9.84. The molecule has 2 aromatic heterocycles. The van der Waals surface area contributed by atoms with Crippen molar-refractivity contribution in [3.05, 3.63) is 11.8 Å². The number of amides is 3. The standard InChI is InChI=1S/C37H57F2N9O7/c1-23(2)27-17-40-48-28(27)43-29(41-24-10-13-52-14-11-24)44-30(48)42-25-9-12-47(26(15-25)16-36(38)18-45(19-36)31(49)54-34(3,4)5)33(51)53-22-37(39)20-46(21-37)32(50)55-35(6,7)8/h17,23-26H,9-16,18-22H2,1-8H3,(H2,41,42,43,44). The van der Waals surface area contributed by atoms with E-state index in [4.69, 9.17) is 28.9 Å². The molecule has 55 heavy (non-hydrogen) atoms. The molecule has 0 radical (unpaired) electrons. The third-order valence-electron chi connectivity index (χ3n) is 10.1. The number of halogens is 2. The monoisotopic (exact) mass is 777 g/mol. The third-order valence-corrected chi connectivity index (χ3v) is 10.1. The second kappa shape index (κ2) is 15.4. The van der Waals surface area contributed by atoms with Gasteiger partial charge in [0.1, 0.15) is 23.5 Å². The van der Waals surface area contributed by atoms with Crippen LogP contribution in [0.4, 0.5) is 35.1 Å². The highest BCUT2D eigenvalue weighted by atomic mass is 19.1. The smallest absolute Gasteiger partial charge is 0.410 e. The molecule has 0 aromatic carbocycles. The molecule has 0 bridgehead atoms. The molecule has 2 aromatic rings. The summed E-state index contributed by atoms with van der Waals surface area (Å²) in [5, 5.41) is 11.6. The molecule has 16 nitrogen and oxygen atoms in total. The lowest BCUT2D eigenvalue weighted by Gasteiger charge is -2.48. The Morgan fingerprint density at radius 2 is 1.47 bits per heavy atom. The van der Waals surface area contributed by atoms with Crippen LogP contribution in [0.2, 0.25) is 0 Å². The number of nitrogens with zero attached hydrogens (tertiary/aromatic N) is 7. The number of fused-ring (bicyclic) bond motifs is 1. The number of rotatable bonds is 9. The summed E-state index contributed by atoms with van der Waals surface area (Å²) in [6.07, 6.45) is 2.10. The van der Waals surface area contributed by atoms with Crippen molar-refractivity contribution in [2.75, 3.05) is 63.2 Å². The first-order valence-corrected chi connectivity index (χ1v) is 19.3. The average Bonchev–Trinajstić information content (AvgIpc) is 3.48. The van der Waals surface area contributed by atoms with Gasteiger partial charge in [0.2, 0.25) is 11.9 Å².